The molecule has 0 N–H and O–H groups in total. The first-order valence-electron chi connectivity index (χ1n) is 9.97. The van der Waals surface area contributed by atoms with Crippen LogP contribution < -0.4 is 0 Å². The summed E-state index contributed by atoms with van der Waals surface area (Å²) in [5.74, 6) is 0.725. The molecule has 2 aliphatic heterocycles. The number of hydrogen-bond acceptors (Lipinski definition) is 5. The van der Waals surface area contributed by atoms with Crippen molar-refractivity contribution >= 4 is 29.3 Å². The van der Waals surface area contributed by atoms with Crippen LogP contribution in [0.5, 0.6) is 0 Å². The molecule has 0 saturated carbocycles. The molecular formula is C22H23N3O4S. The van der Waals surface area contributed by atoms with E-state index in [1.165, 1.54) is 6.07 Å². The lowest BCUT2D eigenvalue weighted by molar-refractivity contribution is -0.385. The van der Waals surface area contributed by atoms with E-state index in [0.29, 0.717) is 49.2 Å². The molecule has 4 rings (SSSR count). The molecule has 0 aliphatic carbocycles. The van der Waals surface area contributed by atoms with E-state index >= 15 is 0 Å². The molecule has 30 heavy (non-hydrogen) atoms. The summed E-state index contributed by atoms with van der Waals surface area (Å²) >= 11 is 1.79. The molecule has 2 saturated heterocycles. The molecule has 2 aliphatic rings. The number of likely N-dealkylation sites (tertiary alicyclic amines) is 1. The Hall–Kier alpha value is -2.87. The van der Waals surface area contributed by atoms with Crippen LogP contribution in [-0.4, -0.2) is 56.8 Å². The Morgan fingerprint density at radius 3 is 2.37 bits per heavy atom. The van der Waals surface area contributed by atoms with Crippen molar-refractivity contribution in [3.63, 3.8) is 0 Å². The summed E-state index contributed by atoms with van der Waals surface area (Å²) in [5.41, 5.74) is 1.51. The normalized spacial score (nSPS) is 17.9. The number of nitro benzene ring substituents is 1. The van der Waals surface area contributed by atoms with E-state index in [9.17, 15) is 19.7 Å². The van der Waals surface area contributed by atoms with Gasteiger partial charge < -0.3 is 9.80 Å². The van der Waals surface area contributed by atoms with E-state index in [1.54, 1.807) is 35.7 Å². The van der Waals surface area contributed by atoms with Crippen molar-refractivity contribution in [1.29, 1.82) is 0 Å². The Kier molecular flexibility index (Phi) is 5.51. The molecule has 156 valence electrons. The molecule has 2 heterocycles. The van der Waals surface area contributed by atoms with Gasteiger partial charge in [-0.3, -0.25) is 19.7 Å². The van der Waals surface area contributed by atoms with Crippen LogP contribution in [0.1, 0.15) is 39.1 Å². The molecule has 2 aromatic carbocycles. The van der Waals surface area contributed by atoms with E-state index in [2.05, 4.69) is 0 Å². The van der Waals surface area contributed by atoms with Crippen LogP contribution in [0.15, 0.2) is 48.5 Å². The van der Waals surface area contributed by atoms with Crippen LogP contribution in [0.3, 0.4) is 0 Å². The summed E-state index contributed by atoms with van der Waals surface area (Å²) in [5, 5.41) is 11.2. The molecule has 2 aromatic rings. The molecule has 8 heteroatoms. The van der Waals surface area contributed by atoms with Gasteiger partial charge in [-0.05, 0) is 38.0 Å². The van der Waals surface area contributed by atoms with Crippen LogP contribution in [0.4, 0.5) is 5.69 Å². The van der Waals surface area contributed by atoms with Gasteiger partial charge in [0, 0.05) is 48.1 Å². The number of nitro groups is 1. The first-order chi connectivity index (χ1) is 14.4. The molecule has 0 bridgehead atoms. The summed E-state index contributed by atoms with van der Waals surface area (Å²) in [4.78, 5) is 40.2. The molecular weight excluding hydrogens is 402 g/mol. The van der Waals surface area contributed by atoms with Crippen molar-refractivity contribution in [2.45, 2.75) is 24.6 Å². The maximum absolute atomic E-state index is 13.1. The molecule has 1 spiro atoms. The minimum absolute atomic E-state index is 0.0366. The molecule has 0 aromatic heterocycles. The smallest absolute Gasteiger partial charge is 0.273 e. The minimum Gasteiger partial charge on any atom is -0.338 e. The molecule has 0 radical (unpaired) electrons. The number of thioether (sulfide) groups is 1. The molecule has 7 nitrogen and oxygen atoms in total. The third-order valence-electron chi connectivity index (χ3n) is 5.93. The lowest BCUT2D eigenvalue weighted by Crippen LogP contribution is -2.53. The van der Waals surface area contributed by atoms with E-state index in [0.717, 1.165) is 5.75 Å². The molecule has 2 amide bonds. The SMILES string of the molecule is Cc1ccc(C(=O)N2CCC3(CC2)SCCN3C(=O)c2ccccc2)cc1[N+](=O)[O-]. The average Bonchev–Trinajstić information content (AvgIpc) is 3.17. The lowest BCUT2D eigenvalue weighted by Gasteiger charge is -2.44. The lowest BCUT2D eigenvalue weighted by atomic mass is 9.99. The summed E-state index contributed by atoms with van der Waals surface area (Å²) in [7, 11) is 0. The number of amides is 2. The summed E-state index contributed by atoms with van der Waals surface area (Å²) in [6.07, 6.45) is 1.38. The minimum atomic E-state index is -0.459. The van der Waals surface area contributed by atoms with Gasteiger partial charge in [0.1, 0.15) is 0 Å². The number of benzene rings is 2. The third kappa shape index (κ3) is 3.67. The second kappa shape index (κ2) is 8.10. The average molecular weight is 426 g/mol. The number of hydrogen-bond donors (Lipinski definition) is 0. The van der Waals surface area contributed by atoms with Gasteiger partial charge in [-0.25, -0.2) is 0 Å². The Morgan fingerprint density at radius 2 is 1.70 bits per heavy atom. The predicted octanol–water partition coefficient (Wildman–Crippen LogP) is 3.72. The number of piperidine rings is 1. The monoisotopic (exact) mass is 425 g/mol. The highest BCUT2D eigenvalue weighted by Crippen LogP contribution is 2.44. The number of carbonyl (C=O) groups is 2. The first-order valence-corrected chi connectivity index (χ1v) is 11.0. The van der Waals surface area contributed by atoms with Crippen molar-refractivity contribution in [3.05, 3.63) is 75.3 Å². The van der Waals surface area contributed by atoms with Gasteiger partial charge in [0.2, 0.25) is 0 Å². The van der Waals surface area contributed by atoms with Gasteiger partial charge in [0.25, 0.3) is 17.5 Å². The highest BCUT2D eigenvalue weighted by molar-refractivity contribution is 8.00. The Bertz CT molecular complexity index is 987. The van der Waals surface area contributed by atoms with Crippen LogP contribution in [0.25, 0.3) is 0 Å². The first kappa shape index (κ1) is 20.4. The zero-order valence-corrected chi connectivity index (χ0v) is 17.6. The number of aryl methyl sites for hydroxylation is 1. The van der Waals surface area contributed by atoms with Crippen molar-refractivity contribution in [1.82, 2.24) is 9.80 Å². The predicted molar refractivity (Wildman–Crippen MR) is 116 cm³/mol. The fourth-order valence-electron chi connectivity index (χ4n) is 4.23. The summed E-state index contributed by atoms with van der Waals surface area (Å²) in [6.45, 7) is 3.40. The summed E-state index contributed by atoms with van der Waals surface area (Å²) in [6, 6.07) is 13.9. The zero-order chi connectivity index (χ0) is 21.3. The van der Waals surface area contributed by atoms with E-state index in [4.69, 9.17) is 0 Å². The van der Waals surface area contributed by atoms with Crippen LogP contribution >= 0.6 is 11.8 Å². The van der Waals surface area contributed by atoms with E-state index in [1.807, 2.05) is 35.2 Å². The van der Waals surface area contributed by atoms with E-state index < -0.39 is 4.92 Å². The van der Waals surface area contributed by atoms with Gasteiger partial charge in [-0.1, -0.05) is 24.3 Å². The largest absolute Gasteiger partial charge is 0.338 e. The highest BCUT2D eigenvalue weighted by Gasteiger charge is 2.47. The fraction of sp³-hybridized carbons (Fsp3) is 0.364. The fourth-order valence-corrected chi connectivity index (χ4v) is 5.68. The molecule has 0 unspecified atom stereocenters. The standard InChI is InChI=1S/C22H23N3O4S/c1-16-7-8-18(15-19(16)25(28)29)20(26)23-11-9-22(10-12-23)24(13-14-30-22)21(27)17-5-3-2-4-6-17/h2-8,15H,9-14H2,1H3. The van der Waals surface area contributed by atoms with Crippen molar-refractivity contribution < 1.29 is 14.5 Å². The van der Waals surface area contributed by atoms with E-state index in [-0.39, 0.29) is 22.4 Å². The second-order valence-electron chi connectivity index (χ2n) is 7.67. The number of carbonyl (C=O) groups excluding carboxylic acids is 2. The summed E-state index contributed by atoms with van der Waals surface area (Å²) < 4.78 is 0. The van der Waals surface area contributed by atoms with Crippen molar-refractivity contribution in [3.8, 4) is 0 Å². The zero-order valence-electron chi connectivity index (χ0n) is 16.7. The van der Waals surface area contributed by atoms with Gasteiger partial charge in [0.05, 0.1) is 9.79 Å². The quantitative estimate of drug-likeness (QED) is 0.553. The van der Waals surface area contributed by atoms with Gasteiger partial charge in [-0.15, -0.1) is 11.8 Å². The van der Waals surface area contributed by atoms with Crippen LogP contribution in [0, 0.1) is 17.0 Å². The highest BCUT2D eigenvalue weighted by atomic mass is 32.2. The maximum atomic E-state index is 13.1. The van der Waals surface area contributed by atoms with Gasteiger partial charge in [-0.2, -0.15) is 0 Å². The number of rotatable bonds is 3. The van der Waals surface area contributed by atoms with Crippen molar-refractivity contribution in [2.24, 2.45) is 0 Å². The molecule has 0 atom stereocenters. The Balaban J connectivity index is 1.48. The maximum Gasteiger partial charge on any atom is 0.273 e. The topological polar surface area (TPSA) is 83.8 Å². The van der Waals surface area contributed by atoms with Gasteiger partial charge in [0.15, 0.2) is 0 Å². The second-order valence-corrected chi connectivity index (χ2v) is 9.12. The van der Waals surface area contributed by atoms with Crippen molar-refractivity contribution in [2.75, 3.05) is 25.4 Å². The van der Waals surface area contributed by atoms with Gasteiger partial charge >= 0.3 is 0 Å². The van der Waals surface area contributed by atoms with Crippen LogP contribution in [-0.2, 0) is 0 Å². The Labute approximate surface area is 179 Å². The third-order valence-corrected chi connectivity index (χ3v) is 7.48. The Morgan fingerprint density at radius 1 is 1.00 bits per heavy atom. The number of nitrogens with zero attached hydrogens (tertiary/aromatic N) is 3. The molecule has 2 fully saturated rings. The van der Waals surface area contributed by atoms with Crippen LogP contribution in [0.2, 0.25) is 0 Å².